The molecule has 0 saturated carbocycles. The van der Waals surface area contributed by atoms with E-state index in [9.17, 15) is 0 Å². The summed E-state index contributed by atoms with van der Waals surface area (Å²) in [5, 5.41) is 9.41. The summed E-state index contributed by atoms with van der Waals surface area (Å²) in [6.07, 6.45) is 0. The molecule has 0 fully saturated rings. The van der Waals surface area contributed by atoms with Gasteiger partial charge in [0.1, 0.15) is 11.2 Å². The van der Waals surface area contributed by atoms with E-state index in [1.807, 2.05) is 6.07 Å². The molecule has 0 radical (unpaired) electrons. The Hall–Kier alpha value is -7.62. The molecule has 1 heterocycles. The summed E-state index contributed by atoms with van der Waals surface area (Å²) in [6.45, 7) is 0. The van der Waals surface area contributed by atoms with Gasteiger partial charge in [0.2, 0.25) is 0 Å². The van der Waals surface area contributed by atoms with Gasteiger partial charge in [-0.3, -0.25) is 0 Å². The van der Waals surface area contributed by atoms with Crippen LogP contribution in [0.3, 0.4) is 0 Å². The molecule has 3 nitrogen and oxygen atoms in total. The quantitative estimate of drug-likeness (QED) is 0.152. The first-order chi connectivity index (χ1) is 28.3. The van der Waals surface area contributed by atoms with Crippen LogP contribution in [0.5, 0.6) is 0 Å². The van der Waals surface area contributed by atoms with Gasteiger partial charge < -0.3 is 14.2 Å². The number of fused-ring (bicyclic) bond motifs is 9. The van der Waals surface area contributed by atoms with Gasteiger partial charge in [0, 0.05) is 50.3 Å². The Kier molecular flexibility index (Phi) is 7.82. The fraction of sp³-hybridized carbons (Fsp3) is 0. The number of anilines is 6. The fourth-order valence-electron chi connectivity index (χ4n) is 8.52. The molecule has 1 aromatic heterocycles. The molecule has 0 atom stereocenters. The summed E-state index contributed by atoms with van der Waals surface area (Å²) in [7, 11) is 0. The zero-order valence-electron chi connectivity index (χ0n) is 31.1. The molecular formula is C54H36N2O. The molecule has 0 spiro atoms. The van der Waals surface area contributed by atoms with Crippen molar-refractivity contribution >= 4 is 88.4 Å². The number of hydrogen-bond donors (Lipinski definition) is 0. The first kappa shape index (κ1) is 32.8. The summed E-state index contributed by atoms with van der Waals surface area (Å²) in [6, 6.07) is 78.1. The molecule has 0 aliphatic carbocycles. The normalized spacial score (nSPS) is 11.5. The Labute approximate surface area is 330 Å². The highest BCUT2D eigenvalue weighted by Crippen LogP contribution is 2.45. The smallest absolute Gasteiger partial charge is 0.143 e. The molecule has 11 rings (SSSR count). The number of furan rings is 1. The van der Waals surface area contributed by atoms with E-state index in [0.29, 0.717) is 0 Å². The molecule has 3 heteroatoms. The summed E-state index contributed by atoms with van der Waals surface area (Å²) < 4.78 is 6.63. The van der Waals surface area contributed by atoms with Gasteiger partial charge in [-0.15, -0.1) is 0 Å². The van der Waals surface area contributed by atoms with E-state index in [2.05, 4.69) is 222 Å². The minimum absolute atomic E-state index is 0.895. The highest BCUT2D eigenvalue weighted by atomic mass is 16.3. The van der Waals surface area contributed by atoms with E-state index in [0.717, 1.165) is 66.8 Å². The maximum Gasteiger partial charge on any atom is 0.143 e. The van der Waals surface area contributed by atoms with E-state index in [1.54, 1.807) is 0 Å². The van der Waals surface area contributed by atoms with Crippen LogP contribution >= 0.6 is 0 Å². The zero-order chi connectivity index (χ0) is 37.7. The first-order valence-electron chi connectivity index (χ1n) is 19.4. The Bertz CT molecular complexity index is 3200. The molecule has 268 valence electrons. The average Bonchev–Trinajstić information content (AvgIpc) is 3.68. The maximum atomic E-state index is 6.63. The van der Waals surface area contributed by atoms with Gasteiger partial charge in [0.25, 0.3) is 0 Å². The Morgan fingerprint density at radius 2 is 0.789 bits per heavy atom. The molecule has 0 N–H and O–H groups in total. The Morgan fingerprint density at radius 3 is 1.53 bits per heavy atom. The molecule has 0 amide bonds. The molecule has 0 aliphatic rings. The number of benzene rings is 10. The van der Waals surface area contributed by atoms with Gasteiger partial charge in [-0.2, -0.15) is 0 Å². The number of nitrogens with zero attached hydrogens (tertiary/aromatic N) is 2. The van der Waals surface area contributed by atoms with Gasteiger partial charge >= 0.3 is 0 Å². The van der Waals surface area contributed by atoms with Crippen LogP contribution in [0.2, 0.25) is 0 Å². The Morgan fingerprint density at radius 1 is 0.281 bits per heavy atom. The lowest BCUT2D eigenvalue weighted by molar-refractivity contribution is 0.673. The molecular weight excluding hydrogens is 693 g/mol. The van der Waals surface area contributed by atoms with Crippen LogP contribution in [0.4, 0.5) is 34.1 Å². The predicted molar refractivity (Wildman–Crippen MR) is 241 cm³/mol. The molecule has 0 aliphatic heterocycles. The standard InChI is InChI=1S/C54H36N2O/c1-3-16-41(17-4-1)55(42-18-5-2-6-19-42)44-20-13-21-45(35-44)56(43-30-28-38(29-31-43)40-27-26-37-14-7-8-15-39(37)34-40)46-32-33-48-47-22-9-10-23-49(47)54-53(51(48)36-46)50-24-11-12-25-52(50)57-54/h1-36H. The van der Waals surface area contributed by atoms with Gasteiger partial charge in [0.15, 0.2) is 0 Å². The third kappa shape index (κ3) is 5.68. The van der Waals surface area contributed by atoms with Crippen molar-refractivity contribution in [2.75, 3.05) is 9.80 Å². The van der Waals surface area contributed by atoms with E-state index >= 15 is 0 Å². The largest absolute Gasteiger partial charge is 0.455 e. The summed E-state index contributed by atoms with van der Waals surface area (Å²) in [5.74, 6) is 0. The van der Waals surface area contributed by atoms with E-state index < -0.39 is 0 Å². The van der Waals surface area contributed by atoms with Crippen LogP contribution in [0.1, 0.15) is 0 Å². The van der Waals surface area contributed by atoms with Crippen LogP contribution in [-0.4, -0.2) is 0 Å². The SMILES string of the molecule is c1ccc(N(c2ccccc2)c2cccc(N(c3ccc(-c4ccc5ccccc5c4)cc3)c3ccc4c5ccccc5c5oc6ccccc6c5c4c3)c2)cc1. The number of rotatable bonds is 7. The van der Waals surface area contributed by atoms with Gasteiger partial charge in [-0.05, 0) is 117 Å². The number of para-hydroxylation sites is 3. The highest BCUT2D eigenvalue weighted by Gasteiger charge is 2.20. The third-order valence-electron chi connectivity index (χ3n) is 11.2. The van der Waals surface area contributed by atoms with Crippen molar-refractivity contribution in [3.05, 3.63) is 218 Å². The van der Waals surface area contributed by atoms with Gasteiger partial charge in [0.05, 0.1) is 0 Å². The van der Waals surface area contributed by atoms with Gasteiger partial charge in [-0.25, -0.2) is 0 Å². The van der Waals surface area contributed by atoms with Crippen LogP contribution < -0.4 is 9.80 Å². The minimum Gasteiger partial charge on any atom is -0.455 e. The molecule has 10 aromatic carbocycles. The van der Waals surface area contributed by atoms with Crippen molar-refractivity contribution in [3.63, 3.8) is 0 Å². The van der Waals surface area contributed by atoms with E-state index in [1.165, 1.54) is 32.7 Å². The van der Waals surface area contributed by atoms with Gasteiger partial charge in [-0.1, -0.05) is 140 Å². The van der Waals surface area contributed by atoms with Crippen LogP contribution in [0, 0.1) is 0 Å². The first-order valence-corrected chi connectivity index (χ1v) is 19.4. The lowest BCUT2D eigenvalue weighted by atomic mass is 9.96. The third-order valence-corrected chi connectivity index (χ3v) is 11.2. The molecule has 57 heavy (non-hydrogen) atoms. The maximum absolute atomic E-state index is 6.63. The van der Waals surface area contributed by atoms with Crippen molar-refractivity contribution in [1.29, 1.82) is 0 Å². The molecule has 0 bridgehead atoms. The topological polar surface area (TPSA) is 19.6 Å². The van der Waals surface area contributed by atoms with Crippen molar-refractivity contribution in [1.82, 2.24) is 0 Å². The van der Waals surface area contributed by atoms with Crippen molar-refractivity contribution < 1.29 is 4.42 Å². The van der Waals surface area contributed by atoms with Crippen LogP contribution in [0.25, 0.3) is 65.4 Å². The second-order valence-electron chi connectivity index (χ2n) is 14.5. The van der Waals surface area contributed by atoms with Crippen molar-refractivity contribution in [3.8, 4) is 11.1 Å². The fourth-order valence-corrected chi connectivity index (χ4v) is 8.52. The zero-order valence-corrected chi connectivity index (χ0v) is 31.1. The van der Waals surface area contributed by atoms with E-state index in [4.69, 9.17) is 4.42 Å². The van der Waals surface area contributed by atoms with Crippen molar-refractivity contribution in [2.45, 2.75) is 0 Å². The summed E-state index contributed by atoms with van der Waals surface area (Å²) in [5.41, 5.74) is 10.6. The summed E-state index contributed by atoms with van der Waals surface area (Å²) >= 11 is 0. The molecule has 11 aromatic rings. The Balaban J connectivity index is 1.12. The van der Waals surface area contributed by atoms with Crippen LogP contribution in [0.15, 0.2) is 223 Å². The van der Waals surface area contributed by atoms with Crippen LogP contribution in [-0.2, 0) is 0 Å². The second-order valence-corrected chi connectivity index (χ2v) is 14.5. The highest BCUT2D eigenvalue weighted by molar-refractivity contribution is 6.30. The monoisotopic (exact) mass is 728 g/mol. The van der Waals surface area contributed by atoms with Crippen molar-refractivity contribution in [2.24, 2.45) is 0 Å². The number of hydrogen-bond acceptors (Lipinski definition) is 3. The average molecular weight is 729 g/mol. The second kappa shape index (κ2) is 13.6. The lowest BCUT2D eigenvalue weighted by Crippen LogP contribution is -2.13. The van der Waals surface area contributed by atoms with E-state index in [-0.39, 0.29) is 0 Å². The minimum atomic E-state index is 0.895. The predicted octanol–water partition coefficient (Wildman–Crippen LogP) is 15.7. The lowest BCUT2D eigenvalue weighted by Gasteiger charge is -2.29. The molecule has 0 unspecified atom stereocenters. The molecule has 0 saturated heterocycles. The summed E-state index contributed by atoms with van der Waals surface area (Å²) in [4.78, 5) is 4.70.